The predicted molar refractivity (Wildman–Crippen MR) is 107 cm³/mol. The van der Waals surface area contributed by atoms with Gasteiger partial charge in [0.15, 0.2) is 0 Å². The van der Waals surface area contributed by atoms with Crippen LogP contribution in [0.4, 0.5) is 0 Å². The Bertz CT molecular complexity index is 546. The minimum Gasteiger partial charge on any atom is -0.481 e. The molecule has 1 rings (SSSR count). The second kappa shape index (κ2) is 10.5. The molecule has 1 aliphatic carbocycles. The van der Waals surface area contributed by atoms with Crippen LogP contribution in [0.3, 0.4) is 0 Å². The topological polar surface area (TPSA) is 70.0 Å². The van der Waals surface area contributed by atoms with Crippen molar-refractivity contribution in [3.63, 3.8) is 0 Å². The van der Waals surface area contributed by atoms with Gasteiger partial charge in [-0.1, -0.05) is 26.5 Å². The molecule has 1 fully saturated rings. The van der Waals surface area contributed by atoms with Gasteiger partial charge in [0.1, 0.15) is 5.78 Å². The van der Waals surface area contributed by atoms with Crippen molar-refractivity contribution in [1.29, 1.82) is 0 Å². The van der Waals surface area contributed by atoms with Crippen LogP contribution < -0.4 is 0 Å². The SMILES string of the molecule is C=C(/C(C)=C\C=C(/O)OC)C1(CCN(C)C)CC(=O)CCC1(C)O.CC. The maximum atomic E-state index is 12.2. The Balaban J connectivity index is 0.00000301. The van der Waals surface area contributed by atoms with Gasteiger partial charge in [0.25, 0.3) is 5.95 Å². The van der Waals surface area contributed by atoms with Crippen molar-refractivity contribution in [1.82, 2.24) is 4.90 Å². The second-order valence-corrected chi connectivity index (χ2v) is 7.16. The minimum absolute atomic E-state index is 0.157. The predicted octanol–water partition coefficient (Wildman–Crippen LogP) is 4.00. The first-order valence-electron chi connectivity index (χ1n) is 9.26. The molecule has 0 aliphatic heterocycles. The highest BCUT2D eigenvalue weighted by Crippen LogP contribution is 2.52. The number of Topliss-reactive ketones (excluding diaryl/α,β-unsaturated/α-hetero) is 1. The summed E-state index contributed by atoms with van der Waals surface area (Å²) in [5.41, 5.74) is -0.158. The average molecular weight is 368 g/mol. The first-order chi connectivity index (χ1) is 12.1. The smallest absolute Gasteiger partial charge is 0.276 e. The van der Waals surface area contributed by atoms with Crippen LogP contribution in [0.15, 0.2) is 35.8 Å². The third-order valence-electron chi connectivity index (χ3n) is 5.15. The highest BCUT2D eigenvalue weighted by atomic mass is 16.6. The van der Waals surface area contributed by atoms with Crippen LogP contribution in [-0.4, -0.2) is 54.2 Å². The molecule has 2 unspecified atom stereocenters. The number of ether oxygens (including phenoxy) is 1. The molecule has 0 heterocycles. The van der Waals surface area contributed by atoms with E-state index in [1.165, 1.54) is 13.2 Å². The molecule has 2 atom stereocenters. The first kappa shape index (κ1) is 24.4. The summed E-state index contributed by atoms with van der Waals surface area (Å²) in [5, 5.41) is 20.5. The lowest BCUT2D eigenvalue weighted by molar-refractivity contribution is -0.138. The van der Waals surface area contributed by atoms with Gasteiger partial charge in [-0.2, -0.15) is 0 Å². The fourth-order valence-corrected chi connectivity index (χ4v) is 3.33. The second-order valence-electron chi connectivity index (χ2n) is 7.16. The standard InChI is InChI=1S/C19H31NO4.C2H6/c1-14(7-8-17(22)24-6)15(2)19(11-12-20(4)5)13-16(21)9-10-18(19,3)23;1-2/h7-8,22-23H,2,9-13H2,1,3-6H3;1-2H3/b14-7-,17-8+;. The number of hydrogen-bond donors (Lipinski definition) is 2. The molecule has 0 saturated heterocycles. The fraction of sp³-hybridized carbons (Fsp3) is 0.667. The number of aliphatic hydroxyl groups excluding tert-OH is 1. The van der Waals surface area contributed by atoms with Crippen molar-refractivity contribution in [3.05, 3.63) is 35.8 Å². The molecule has 0 bridgehead atoms. The van der Waals surface area contributed by atoms with Crippen LogP contribution in [0.25, 0.3) is 0 Å². The van der Waals surface area contributed by atoms with Gasteiger partial charge in [0, 0.05) is 24.3 Å². The Morgan fingerprint density at radius 2 is 1.92 bits per heavy atom. The van der Waals surface area contributed by atoms with Crippen LogP contribution in [0.1, 0.15) is 53.4 Å². The van der Waals surface area contributed by atoms with Gasteiger partial charge in [0.05, 0.1) is 12.7 Å². The number of ketones is 1. The van der Waals surface area contributed by atoms with Gasteiger partial charge >= 0.3 is 0 Å². The number of methoxy groups -OCH3 is 1. The molecule has 26 heavy (non-hydrogen) atoms. The zero-order chi connectivity index (χ0) is 20.5. The Morgan fingerprint density at radius 1 is 1.35 bits per heavy atom. The van der Waals surface area contributed by atoms with Crippen molar-refractivity contribution in [2.24, 2.45) is 5.41 Å². The lowest BCUT2D eigenvalue weighted by Crippen LogP contribution is -2.53. The molecular weight excluding hydrogens is 330 g/mol. The van der Waals surface area contributed by atoms with E-state index in [0.29, 0.717) is 19.3 Å². The summed E-state index contributed by atoms with van der Waals surface area (Å²) in [4.78, 5) is 14.2. The van der Waals surface area contributed by atoms with E-state index in [-0.39, 0.29) is 18.1 Å². The number of hydrogen-bond acceptors (Lipinski definition) is 5. The molecule has 0 aromatic heterocycles. The highest BCUT2D eigenvalue weighted by molar-refractivity contribution is 5.81. The Hall–Kier alpha value is -1.59. The van der Waals surface area contributed by atoms with Gasteiger partial charge in [-0.25, -0.2) is 0 Å². The van der Waals surface area contributed by atoms with E-state index in [4.69, 9.17) is 4.74 Å². The Labute approximate surface area is 159 Å². The number of aliphatic hydroxyl groups is 2. The van der Waals surface area contributed by atoms with Gasteiger partial charge in [-0.15, -0.1) is 0 Å². The van der Waals surface area contributed by atoms with Gasteiger partial charge in [-0.05, 0) is 58.5 Å². The van der Waals surface area contributed by atoms with E-state index in [0.717, 1.165) is 17.7 Å². The molecule has 0 aromatic rings. The normalized spacial score (nSPS) is 27.0. The monoisotopic (exact) mass is 367 g/mol. The molecule has 0 spiro atoms. The molecule has 150 valence electrons. The summed E-state index contributed by atoms with van der Waals surface area (Å²) in [6, 6.07) is 0. The Kier molecular flexibility index (Phi) is 9.89. The summed E-state index contributed by atoms with van der Waals surface area (Å²) in [5.74, 6) is -0.0412. The molecule has 5 heteroatoms. The number of rotatable bonds is 7. The van der Waals surface area contributed by atoms with Crippen LogP contribution in [0.2, 0.25) is 0 Å². The maximum Gasteiger partial charge on any atom is 0.276 e. The van der Waals surface area contributed by atoms with Gasteiger partial charge in [-0.3, -0.25) is 4.79 Å². The van der Waals surface area contributed by atoms with E-state index >= 15 is 0 Å². The molecule has 0 aromatic carbocycles. The van der Waals surface area contributed by atoms with Crippen LogP contribution in [-0.2, 0) is 9.53 Å². The largest absolute Gasteiger partial charge is 0.481 e. The first-order valence-corrected chi connectivity index (χ1v) is 9.26. The molecule has 1 saturated carbocycles. The Morgan fingerprint density at radius 3 is 2.42 bits per heavy atom. The van der Waals surface area contributed by atoms with Gasteiger partial charge in [0.2, 0.25) is 0 Å². The van der Waals surface area contributed by atoms with Crippen molar-refractivity contribution in [2.45, 2.75) is 59.0 Å². The number of carbonyl (C=O) groups is 1. The van der Waals surface area contributed by atoms with Crippen molar-refractivity contribution < 1.29 is 19.7 Å². The summed E-state index contributed by atoms with van der Waals surface area (Å²) >= 11 is 0. The summed E-state index contributed by atoms with van der Waals surface area (Å²) < 4.78 is 4.72. The highest BCUT2D eigenvalue weighted by Gasteiger charge is 2.52. The quantitative estimate of drug-likeness (QED) is 0.526. The molecule has 0 radical (unpaired) electrons. The summed E-state index contributed by atoms with van der Waals surface area (Å²) in [6.45, 7) is 12.6. The molecule has 5 nitrogen and oxygen atoms in total. The number of carbonyl (C=O) groups excluding carboxylic acids is 1. The molecular formula is C21H37NO4. The van der Waals surface area contributed by atoms with E-state index in [9.17, 15) is 15.0 Å². The number of nitrogens with zero attached hydrogens (tertiary/aromatic N) is 1. The third-order valence-corrected chi connectivity index (χ3v) is 5.15. The van der Waals surface area contributed by atoms with Gasteiger partial charge < -0.3 is 19.8 Å². The van der Waals surface area contributed by atoms with E-state index in [1.54, 1.807) is 13.0 Å². The van der Waals surface area contributed by atoms with Crippen molar-refractivity contribution in [2.75, 3.05) is 27.7 Å². The maximum absolute atomic E-state index is 12.2. The zero-order valence-electron chi connectivity index (χ0n) is 17.6. The van der Waals surface area contributed by atoms with E-state index < -0.39 is 11.0 Å². The number of allylic oxidation sites excluding steroid dienone is 3. The van der Waals surface area contributed by atoms with Crippen molar-refractivity contribution in [3.8, 4) is 0 Å². The molecule has 2 N–H and O–H groups in total. The summed E-state index contributed by atoms with van der Waals surface area (Å²) in [6.07, 6.45) is 4.91. The average Bonchev–Trinajstić information content (AvgIpc) is 2.61. The zero-order valence-corrected chi connectivity index (χ0v) is 17.6. The van der Waals surface area contributed by atoms with E-state index in [1.807, 2.05) is 39.8 Å². The third kappa shape index (κ3) is 5.99. The summed E-state index contributed by atoms with van der Waals surface area (Å²) in [7, 11) is 5.32. The van der Waals surface area contributed by atoms with Crippen LogP contribution in [0, 0.1) is 5.41 Å². The molecule has 1 aliphatic rings. The van der Waals surface area contributed by atoms with E-state index in [2.05, 4.69) is 6.58 Å². The van der Waals surface area contributed by atoms with Crippen molar-refractivity contribution >= 4 is 5.78 Å². The lowest BCUT2D eigenvalue weighted by Gasteiger charge is -2.50. The minimum atomic E-state index is -1.00. The van der Waals surface area contributed by atoms with Crippen LogP contribution in [0.5, 0.6) is 0 Å². The van der Waals surface area contributed by atoms with Crippen LogP contribution >= 0.6 is 0 Å². The molecule has 0 amide bonds. The fourth-order valence-electron chi connectivity index (χ4n) is 3.33. The lowest BCUT2D eigenvalue weighted by atomic mass is 9.57.